The summed E-state index contributed by atoms with van der Waals surface area (Å²) in [5.74, 6) is -0.671. The molecule has 2 heterocycles. The van der Waals surface area contributed by atoms with E-state index < -0.39 is 12.0 Å². The molecule has 1 aliphatic heterocycles. The lowest BCUT2D eigenvalue weighted by Gasteiger charge is -2.28. The fourth-order valence-corrected chi connectivity index (χ4v) is 4.64. The molecule has 0 saturated heterocycles. The van der Waals surface area contributed by atoms with Crippen molar-refractivity contribution in [3.63, 3.8) is 0 Å². The summed E-state index contributed by atoms with van der Waals surface area (Å²) in [5, 5.41) is 0.415. The van der Waals surface area contributed by atoms with Gasteiger partial charge in [-0.1, -0.05) is 41.9 Å². The van der Waals surface area contributed by atoms with Crippen LogP contribution in [0.5, 0.6) is 0 Å². The zero-order valence-corrected chi connectivity index (χ0v) is 20.3. The Balaban J connectivity index is 1.85. The first-order valence-corrected chi connectivity index (χ1v) is 11.7. The average molecular weight is 513 g/mol. The Labute approximate surface area is 200 Å². The number of carbonyl (C=O) groups excluding carboxylic acids is 2. The molecule has 1 atom stereocenters. The van der Waals surface area contributed by atoms with Gasteiger partial charge in [0.2, 0.25) is 5.76 Å². The summed E-state index contributed by atoms with van der Waals surface area (Å²) in [4.78, 5) is 42.8. The maximum Gasteiger partial charge on any atom is 0.337 e. The van der Waals surface area contributed by atoms with Crippen molar-refractivity contribution < 1.29 is 18.7 Å². The minimum atomic E-state index is -0.602. The molecular weight excluding hydrogens is 488 g/mol. The standard InChI is InChI=1S/C25H25BrN2O5/c1-4-27(5-2)12-13-28-21(15-6-8-16(9-7-15)25(31)32-3)20-22(29)18-14-17(26)10-11-19(18)33-23(20)24(28)30/h6-11,14,21H,4-5,12-13H2,1-3H3. The Morgan fingerprint density at radius 2 is 1.82 bits per heavy atom. The summed E-state index contributed by atoms with van der Waals surface area (Å²) in [6.07, 6.45) is 0. The summed E-state index contributed by atoms with van der Waals surface area (Å²) in [5.41, 5.74) is 1.61. The van der Waals surface area contributed by atoms with Gasteiger partial charge >= 0.3 is 5.97 Å². The van der Waals surface area contributed by atoms with E-state index in [2.05, 4.69) is 34.7 Å². The lowest BCUT2D eigenvalue weighted by molar-refractivity contribution is 0.0599. The van der Waals surface area contributed by atoms with Crippen molar-refractivity contribution in [1.82, 2.24) is 9.80 Å². The van der Waals surface area contributed by atoms with Gasteiger partial charge < -0.3 is 19.0 Å². The predicted molar refractivity (Wildman–Crippen MR) is 129 cm³/mol. The molecule has 4 rings (SSSR count). The molecule has 0 spiro atoms. The molecule has 0 radical (unpaired) electrons. The predicted octanol–water partition coefficient (Wildman–Crippen LogP) is 4.23. The van der Waals surface area contributed by atoms with Crippen LogP contribution in [0.3, 0.4) is 0 Å². The summed E-state index contributed by atoms with van der Waals surface area (Å²) in [6, 6.07) is 11.4. The van der Waals surface area contributed by atoms with E-state index in [9.17, 15) is 14.4 Å². The number of methoxy groups -OCH3 is 1. The highest BCUT2D eigenvalue weighted by atomic mass is 79.9. The van der Waals surface area contributed by atoms with Crippen LogP contribution in [0.15, 0.2) is 56.1 Å². The SMILES string of the molecule is CCN(CC)CCN1C(=O)c2oc3ccc(Br)cc3c(=O)c2C1c1ccc(C(=O)OC)cc1. The first kappa shape index (κ1) is 23.2. The zero-order chi connectivity index (χ0) is 23.7. The molecule has 1 aliphatic rings. The molecule has 0 bridgehead atoms. The summed E-state index contributed by atoms with van der Waals surface area (Å²) in [7, 11) is 1.32. The number of hydrogen-bond acceptors (Lipinski definition) is 6. The molecular formula is C25H25BrN2O5. The van der Waals surface area contributed by atoms with Gasteiger partial charge in [0, 0.05) is 17.6 Å². The third-order valence-electron chi connectivity index (χ3n) is 6.13. The molecule has 3 aromatic rings. The highest BCUT2D eigenvalue weighted by Gasteiger charge is 2.42. The second-order valence-electron chi connectivity index (χ2n) is 7.86. The number of esters is 1. The fourth-order valence-electron chi connectivity index (χ4n) is 4.28. The maximum absolute atomic E-state index is 13.6. The van der Waals surface area contributed by atoms with Gasteiger partial charge in [-0.05, 0) is 49.0 Å². The second-order valence-corrected chi connectivity index (χ2v) is 8.77. The Hall–Kier alpha value is -2.97. The smallest absolute Gasteiger partial charge is 0.337 e. The van der Waals surface area contributed by atoms with E-state index in [-0.39, 0.29) is 17.1 Å². The Morgan fingerprint density at radius 3 is 2.45 bits per heavy atom. The largest absolute Gasteiger partial charge is 0.465 e. The number of halogens is 1. The van der Waals surface area contributed by atoms with Crippen LogP contribution in [0.2, 0.25) is 0 Å². The molecule has 0 N–H and O–H groups in total. The lowest BCUT2D eigenvalue weighted by Crippen LogP contribution is -2.37. The van der Waals surface area contributed by atoms with E-state index in [1.807, 2.05) is 0 Å². The van der Waals surface area contributed by atoms with E-state index in [1.165, 1.54) is 7.11 Å². The van der Waals surface area contributed by atoms with Crippen LogP contribution in [0.4, 0.5) is 0 Å². The van der Waals surface area contributed by atoms with Gasteiger partial charge in [-0.15, -0.1) is 0 Å². The van der Waals surface area contributed by atoms with Gasteiger partial charge in [0.25, 0.3) is 5.91 Å². The van der Waals surface area contributed by atoms with E-state index in [4.69, 9.17) is 9.15 Å². The Kier molecular flexibility index (Phi) is 6.67. The molecule has 1 amide bonds. The minimum Gasteiger partial charge on any atom is -0.465 e. The number of likely N-dealkylation sites (N-methyl/N-ethyl adjacent to an activating group) is 1. The van der Waals surface area contributed by atoms with E-state index in [0.29, 0.717) is 35.2 Å². The molecule has 8 heteroatoms. The minimum absolute atomic E-state index is 0.0800. The van der Waals surface area contributed by atoms with Crippen LogP contribution in [-0.2, 0) is 4.74 Å². The lowest BCUT2D eigenvalue weighted by atomic mass is 9.97. The number of carbonyl (C=O) groups is 2. The van der Waals surface area contributed by atoms with Gasteiger partial charge in [0.05, 0.1) is 29.7 Å². The number of rotatable bonds is 7. The van der Waals surface area contributed by atoms with Crippen molar-refractivity contribution in [2.45, 2.75) is 19.9 Å². The molecule has 33 heavy (non-hydrogen) atoms. The van der Waals surface area contributed by atoms with Crippen LogP contribution in [0, 0.1) is 0 Å². The molecule has 2 aromatic carbocycles. The normalized spacial score (nSPS) is 15.4. The number of fused-ring (bicyclic) bond motifs is 2. The summed E-state index contributed by atoms with van der Waals surface area (Å²) >= 11 is 3.41. The topological polar surface area (TPSA) is 80.1 Å². The van der Waals surface area contributed by atoms with Crippen LogP contribution < -0.4 is 5.43 Å². The van der Waals surface area contributed by atoms with Gasteiger partial charge in [-0.25, -0.2) is 4.79 Å². The molecule has 172 valence electrons. The number of nitrogens with zero attached hydrogens (tertiary/aromatic N) is 2. The average Bonchev–Trinajstić information content (AvgIpc) is 3.11. The third-order valence-corrected chi connectivity index (χ3v) is 6.62. The monoisotopic (exact) mass is 512 g/mol. The maximum atomic E-state index is 13.6. The number of benzene rings is 2. The van der Waals surface area contributed by atoms with Crippen molar-refractivity contribution in [2.24, 2.45) is 0 Å². The van der Waals surface area contributed by atoms with Gasteiger partial charge in [0.15, 0.2) is 5.43 Å². The van der Waals surface area contributed by atoms with Crippen molar-refractivity contribution in [2.75, 3.05) is 33.3 Å². The fraction of sp³-hybridized carbons (Fsp3) is 0.320. The molecule has 7 nitrogen and oxygen atoms in total. The van der Waals surface area contributed by atoms with Gasteiger partial charge in [0.1, 0.15) is 5.58 Å². The van der Waals surface area contributed by atoms with Crippen molar-refractivity contribution >= 4 is 38.8 Å². The summed E-state index contributed by atoms with van der Waals surface area (Å²) in [6.45, 7) is 6.97. The van der Waals surface area contributed by atoms with Gasteiger partial charge in [-0.2, -0.15) is 0 Å². The van der Waals surface area contributed by atoms with Crippen LogP contribution in [0.25, 0.3) is 11.0 Å². The van der Waals surface area contributed by atoms with Crippen molar-refractivity contribution in [3.05, 3.63) is 79.6 Å². The highest BCUT2D eigenvalue weighted by Crippen LogP contribution is 2.38. The molecule has 0 aliphatic carbocycles. The third kappa shape index (κ3) is 4.20. The van der Waals surface area contributed by atoms with E-state index in [0.717, 1.165) is 23.1 Å². The second kappa shape index (κ2) is 9.49. The quantitative estimate of drug-likeness (QED) is 0.440. The van der Waals surface area contributed by atoms with E-state index >= 15 is 0 Å². The van der Waals surface area contributed by atoms with Crippen LogP contribution in [0.1, 0.15) is 51.9 Å². The Morgan fingerprint density at radius 1 is 1.12 bits per heavy atom. The van der Waals surface area contributed by atoms with Crippen LogP contribution in [-0.4, -0.2) is 55.0 Å². The Bertz CT molecular complexity index is 1260. The molecule has 0 fully saturated rings. The van der Waals surface area contributed by atoms with Crippen molar-refractivity contribution in [3.8, 4) is 0 Å². The first-order chi connectivity index (χ1) is 15.9. The molecule has 0 saturated carbocycles. The summed E-state index contributed by atoms with van der Waals surface area (Å²) < 4.78 is 11.5. The number of hydrogen-bond donors (Lipinski definition) is 0. The van der Waals surface area contributed by atoms with Gasteiger partial charge in [-0.3, -0.25) is 9.59 Å². The first-order valence-electron chi connectivity index (χ1n) is 10.9. The van der Waals surface area contributed by atoms with Crippen LogP contribution >= 0.6 is 15.9 Å². The number of ether oxygens (including phenoxy) is 1. The molecule has 1 unspecified atom stereocenters. The molecule has 1 aromatic heterocycles. The van der Waals surface area contributed by atoms with E-state index in [1.54, 1.807) is 47.4 Å². The number of amides is 1. The van der Waals surface area contributed by atoms with Crippen molar-refractivity contribution in [1.29, 1.82) is 0 Å². The highest BCUT2D eigenvalue weighted by molar-refractivity contribution is 9.10. The zero-order valence-electron chi connectivity index (χ0n) is 18.8.